The molecule has 0 amide bonds. The fraction of sp³-hybridized carbons (Fsp3) is 0.231. The van der Waals surface area contributed by atoms with Gasteiger partial charge in [-0.25, -0.2) is 0 Å². The number of halogens is 1. The summed E-state index contributed by atoms with van der Waals surface area (Å²) >= 11 is 7.49. The van der Waals surface area contributed by atoms with Crippen LogP contribution >= 0.6 is 22.9 Å². The van der Waals surface area contributed by atoms with Crippen LogP contribution in [0.3, 0.4) is 0 Å². The Bertz CT molecular complexity index is 619. The van der Waals surface area contributed by atoms with E-state index in [4.69, 9.17) is 22.1 Å². The number of anilines is 1. The second-order valence-corrected chi connectivity index (χ2v) is 5.67. The van der Waals surface area contributed by atoms with E-state index in [0.29, 0.717) is 13.2 Å². The van der Waals surface area contributed by atoms with E-state index < -0.39 is 4.92 Å². The number of nitrogens with zero attached hydrogens (tertiary/aromatic N) is 1. The van der Waals surface area contributed by atoms with Crippen molar-refractivity contribution in [2.75, 3.05) is 18.9 Å². The van der Waals surface area contributed by atoms with Gasteiger partial charge in [-0.2, -0.15) is 0 Å². The highest BCUT2D eigenvalue weighted by Gasteiger charge is 2.17. The predicted molar refractivity (Wildman–Crippen MR) is 84.0 cm³/mol. The highest BCUT2D eigenvalue weighted by Crippen LogP contribution is 2.34. The van der Waals surface area contributed by atoms with E-state index in [1.54, 1.807) is 11.3 Å². The zero-order valence-electron chi connectivity index (χ0n) is 11.0. The molecule has 0 aliphatic heterocycles. The van der Waals surface area contributed by atoms with Crippen molar-refractivity contribution in [1.82, 2.24) is 5.32 Å². The summed E-state index contributed by atoms with van der Waals surface area (Å²) in [6.07, 6.45) is 0. The molecule has 2 rings (SSSR count). The van der Waals surface area contributed by atoms with Crippen LogP contribution in [0.15, 0.2) is 29.6 Å². The van der Waals surface area contributed by atoms with E-state index >= 15 is 0 Å². The molecule has 0 unspecified atom stereocenters. The third-order valence-electron chi connectivity index (χ3n) is 2.70. The zero-order chi connectivity index (χ0) is 15.2. The van der Waals surface area contributed by atoms with Gasteiger partial charge in [0.25, 0.3) is 5.69 Å². The second-order valence-electron chi connectivity index (χ2n) is 4.20. The summed E-state index contributed by atoms with van der Waals surface area (Å²) in [6, 6.07) is 6.71. The Morgan fingerprint density at radius 3 is 2.95 bits per heavy atom. The van der Waals surface area contributed by atoms with Gasteiger partial charge in [0.2, 0.25) is 0 Å². The molecule has 0 bridgehead atoms. The molecule has 8 heteroatoms. The molecule has 1 heterocycles. The minimum atomic E-state index is -0.580. The minimum Gasteiger partial charge on any atom is -0.490 e. The number of hydrogen-bond donors (Lipinski definition) is 2. The van der Waals surface area contributed by atoms with Crippen molar-refractivity contribution in [3.63, 3.8) is 0 Å². The van der Waals surface area contributed by atoms with Gasteiger partial charge in [0.05, 0.1) is 9.95 Å². The molecule has 0 radical (unpaired) electrons. The number of nitrogen functional groups attached to an aromatic ring is 1. The van der Waals surface area contributed by atoms with Gasteiger partial charge >= 0.3 is 0 Å². The molecule has 0 fully saturated rings. The van der Waals surface area contributed by atoms with Crippen LogP contribution in [0.1, 0.15) is 4.88 Å². The summed E-state index contributed by atoms with van der Waals surface area (Å²) in [5, 5.41) is 16.3. The average Bonchev–Trinajstić information content (AvgIpc) is 2.94. The lowest BCUT2D eigenvalue weighted by molar-refractivity contribution is -0.383. The maximum Gasteiger partial charge on any atom is 0.297 e. The fourth-order valence-corrected chi connectivity index (χ4v) is 2.58. The first-order chi connectivity index (χ1) is 10.1. The van der Waals surface area contributed by atoms with E-state index in [0.717, 1.165) is 6.54 Å². The van der Waals surface area contributed by atoms with Gasteiger partial charge in [0.15, 0.2) is 11.4 Å². The average molecular weight is 328 g/mol. The fourth-order valence-electron chi connectivity index (χ4n) is 1.71. The first-order valence-corrected chi connectivity index (χ1v) is 7.43. The number of ether oxygens (including phenoxy) is 1. The SMILES string of the molecule is Nc1c(OCCNCc2cccs2)cc(Cl)cc1[N+](=O)[O-]. The molecule has 0 aliphatic carbocycles. The minimum absolute atomic E-state index is 0.0114. The Morgan fingerprint density at radius 1 is 1.48 bits per heavy atom. The Morgan fingerprint density at radius 2 is 2.29 bits per heavy atom. The smallest absolute Gasteiger partial charge is 0.297 e. The number of nitro groups is 1. The van der Waals surface area contributed by atoms with Crippen LogP contribution in [-0.2, 0) is 6.54 Å². The van der Waals surface area contributed by atoms with Crippen LogP contribution in [0.2, 0.25) is 5.02 Å². The van der Waals surface area contributed by atoms with Crippen molar-refractivity contribution in [2.45, 2.75) is 6.54 Å². The highest BCUT2D eigenvalue weighted by atomic mass is 35.5. The third-order valence-corrected chi connectivity index (χ3v) is 3.79. The molecule has 0 saturated heterocycles. The van der Waals surface area contributed by atoms with Crippen LogP contribution in [0.25, 0.3) is 0 Å². The van der Waals surface area contributed by atoms with Crippen LogP contribution in [0.5, 0.6) is 5.75 Å². The molecule has 21 heavy (non-hydrogen) atoms. The first kappa shape index (κ1) is 15.6. The lowest BCUT2D eigenvalue weighted by atomic mass is 10.2. The lowest BCUT2D eigenvalue weighted by Gasteiger charge is -2.10. The van der Waals surface area contributed by atoms with Crippen molar-refractivity contribution >= 4 is 34.3 Å². The number of nitro benzene ring substituents is 1. The van der Waals surface area contributed by atoms with E-state index in [1.807, 2.05) is 17.5 Å². The Balaban J connectivity index is 1.86. The molecule has 0 spiro atoms. The summed E-state index contributed by atoms with van der Waals surface area (Å²) in [5.74, 6) is 0.229. The maximum absolute atomic E-state index is 10.8. The Kier molecular flexibility index (Phi) is 5.38. The number of rotatable bonds is 7. The van der Waals surface area contributed by atoms with E-state index in [-0.39, 0.29) is 22.1 Å². The monoisotopic (exact) mass is 327 g/mol. The summed E-state index contributed by atoms with van der Waals surface area (Å²) in [4.78, 5) is 11.5. The third kappa shape index (κ3) is 4.32. The molecule has 6 nitrogen and oxygen atoms in total. The van der Waals surface area contributed by atoms with Crippen LogP contribution < -0.4 is 15.8 Å². The summed E-state index contributed by atoms with van der Waals surface area (Å²) in [6.45, 7) is 1.69. The second kappa shape index (κ2) is 7.26. The molecule has 0 aliphatic rings. The van der Waals surface area contributed by atoms with Crippen molar-refractivity contribution in [3.05, 3.63) is 49.7 Å². The topological polar surface area (TPSA) is 90.4 Å². The lowest BCUT2D eigenvalue weighted by Crippen LogP contribution is -2.20. The van der Waals surface area contributed by atoms with Gasteiger partial charge in [-0.1, -0.05) is 17.7 Å². The molecular weight excluding hydrogens is 314 g/mol. The number of thiophene rings is 1. The van der Waals surface area contributed by atoms with E-state index in [1.165, 1.54) is 17.0 Å². The van der Waals surface area contributed by atoms with Crippen molar-refractivity contribution in [3.8, 4) is 5.75 Å². The Labute approximate surface area is 130 Å². The van der Waals surface area contributed by atoms with Crippen LogP contribution in [0, 0.1) is 10.1 Å². The summed E-state index contributed by atoms with van der Waals surface area (Å²) < 4.78 is 5.45. The van der Waals surface area contributed by atoms with Gasteiger partial charge < -0.3 is 15.8 Å². The van der Waals surface area contributed by atoms with Gasteiger partial charge in [-0.15, -0.1) is 11.3 Å². The van der Waals surface area contributed by atoms with Crippen molar-refractivity contribution in [1.29, 1.82) is 0 Å². The van der Waals surface area contributed by atoms with Gasteiger partial charge in [-0.3, -0.25) is 10.1 Å². The normalized spacial score (nSPS) is 10.5. The predicted octanol–water partition coefficient (Wildman–Crippen LogP) is 3.06. The van der Waals surface area contributed by atoms with E-state index in [2.05, 4.69) is 5.32 Å². The van der Waals surface area contributed by atoms with Gasteiger partial charge in [0, 0.05) is 30.1 Å². The molecule has 0 saturated carbocycles. The van der Waals surface area contributed by atoms with Crippen molar-refractivity contribution in [2.24, 2.45) is 0 Å². The van der Waals surface area contributed by atoms with Gasteiger partial charge in [-0.05, 0) is 11.4 Å². The van der Waals surface area contributed by atoms with Gasteiger partial charge in [0.1, 0.15) is 6.61 Å². The van der Waals surface area contributed by atoms with Crippen molar-refractivity contribution < 1.29 is 9.66 Å². The number of nitrogens with two attached hydrogens (primary N) is 1. The summed E-state index contributed by atoms with van der Waals surface area (Å²) in [5.41, 5.74) is 5.44. The quantitative estimate of drug-likeness (QED) is 0.353. The number of nitrogens with one attached hydrogen (secondary N) is 1. The zero-order valence-corrected chi connectivity index (χ0v) is 12.6. The van der Waals surface area contributed by atoms with Crippen LogP contribution in [0.4, 0.5) is 11.4 Å². The standard InChI is InChI=1S/C13H14ClN3O3S/c14-9-6-11(17(18)19)13(15)12(7-9)20-4-3-16-8-10-2-1-5-21-10/h1-2,5-7,16H,3-4,8,15H2. The van der Waals surface area contributed by atoms with E-state index in [9.17, 15) is 10.1 Å². The molecule has 3 N–H and O–H groups in total. The number of hydrogen-bond acceptors (Lipinski definition) is 6. The molecule has 0 atom stereocenters. The molecule has 1 aromatic heterocycles. The number of benzene rings is 1. The first-order valence-electron chi connectivity index (χ1n) is 6.17. The van der Waals surface area contributed by atoms with Crippen LogP contribution in [-0.4, -0.2) is 18.1 Å². The molecular formula is C13H14ClN3O3S. The molecule has 2 aromatic rings. The Hall–Kier alpha value is -1.83. The highest BCUT2D eigenvalue weighted by molar-refractivity contribution is 7.09. The largest absolute Gasteiger partial charge is 0.490 e. The molecule has 1 aromatic carbocycles. The maximum atomic E-state index is 10.8. The summed E-state index contributed by atoms with van der Waals surface area (Å²) in [7, 11) is 0. The molecule has 112 valence electrons.